The molecule has 0 saturated carbocycles. The number of amides is 1. The number of aliphatic hydroxyl groups excluding tert-OH is 4. The number of carbonyl (C=O) groups is 1. The molecule has 8 nitrogen and oxygen atoms in total. The van der Waals surface area contributed by atoms with E-state index in [4.69, 9.17) is 9.47 Å². The monoisotopic (exact) mass is 487 g/mol. The van der Waals surface area contributed by atoms with Crippen molar-refractivity contribution in [1.82, 2.24) is 5.32 Å². The minimum absolute atomic E-state index is 0.544. The molecule has 35 heavy (non-hydrogen) atoms. The van der Waals surface area contributed by atoms with Crippen LogP contribution >= 0.6 is 0 Å². The maximum Gasteiger partial charge on any atom is 0.246 e. The zero-order valence-corrected chi connectivity index (χ0v) is 21.1. The highest BCUT2D eigenvalue weighted by atomic mass is 16.6. The van der Waals surface area contributed by atoms with E-state index in [1.165, 1.54) is 11.6 Å². The van der Waals surface area contributed by atoms with E-state index in [2.05, 4.69) is 25.2 Å². The van der Waals surface area contributed by atoms with E-state index < -0.39 is 43.2 Å². The first-order chi connectivity index (χ1) is 16.5. The summed E-state index contributed by atoms with van der Waals surface area (Å²) in [6.07, 6.45) is 4.04. The second-order valence-corrected chi connectivity index (χ2v) is 8.81. The predicted molar refractivity (Wildman–Crippen MR) is 135 cm³/mol. The molecule has 5 unspecified atom stereocenters. The molecule has 0 bridgehead atoms. The highest BCUT2D eigenvalue weighted by Gasteiger charge is 2.43. The molecule has 1 aliphatic rings. The number of methoxy groups -OCH3 is 1. The lowest BCUT2D eigenvalue weighted by Crippen LogP contribution is -2.63. The van der Waals surface area contributed by atoms with Gasteiger partial charge in [-0.3, -0.25) is 4.79 Å². The lowest BCUT2D eigenvalue weighted by atomic mass is 9.96. The van der Waals surface area contributed by atoms with Crippen LogP contribution in [0.1, 0.15) is 36.1 Å². The number of hydrogen-bond donors (Lipinski definition) is 5. The molecule has 1 aliphatic heterocycles. The van der Waals surface area contributed by atoms with Gasteiger partial charge < -0.3 is 35.2 Å². The second-order valence-electron chi connectivity index (χ2n) is 8.81. The highest BCUT2D eigenvalue weighted by Crippen LogP contribution is 2.28. The van der Waals surface area contributed by atoms with E-state index in [0.29, 0.717) is 5.57 Å². The molecule has 8 heteroatoms. The Labute approximate surface area is 206 Å². The van der Waals surface area contributed by atoms with Crippen LogP contribution in [0.3, 0.4) is 0 Å². The average Bonchev–Trinajstić information content (AvgIpc) is 2.81. The maximum atomic E-state index is 12.3. The van der Waals surface area contributed by atoms with Crippen molar-refractivity contribution in [2.45, 2.75) is 65.3 Å². The second kappa shape index (κ2) is 12.8. The first kappa shape index (κ1) is 28.5. The summed E-state index contributed by atoms with van der Waals surface area (Å²) < 4.78 is 10.7. The number of ether oxygens (including phenoxy) is 2. The molecule has 1 aromatic rings. The van der Waals surface area contributed by atoms with E-state index in [0.717, 1.165) is 28.0 Å². The van der Waals surface area contributed by atoms with Gasteiger partial charge in [0.05, 0.1) is 13.7 Å². The lowest BCUT2D eigenvalue weighted by molar-refractivity contribution is -0.235. The van der Waals surface area contributed by atoms with Crippen LogP contribution in [0.4, 0.5) is 0 Å². The molecule has 5 N–H and O–H groups in total. The maximum absolute atomic E-state index is 12.3. The summed E-state index contributed by atoms with van der Waals surface area (Å²) in [5.41, 5.74) is 6.24. The fourth-order valence-electron chi connectivity index (χ4n) is 3.81. The van der Waals surface area contributed by atoms with Gasteiger partial charge in [-0.05, 0) is 68.5 Å². The summed E-state index contributed by atoms with van der Waals surface area (Å²) in [4.78, 5) is 12.3. The molecule has 1 saturated heterocycles. The van der Waals surface area contributed by atoms with Gasteiger partial charge in [-0.2, -0.15) is 0 Å². The summed E-state index contributed by atoms with van der Waals surface area (Å²) in [7, 11) is 1.67. The van der Waals surface area contributed by atoms with Gasteiger partial charge in [0.15, 0.2) is 6.23 Å². The van der Waals surface area contributed by atoms with E-state index in [1.807, 2.05) is 38.1 Å². The fraction of sp³-hybridized carbons (Fsp3) is 0.444. The van der Waals surface area contributed by atoms with Gasteiger partial charge >= 0.3 is 0 Å². The molecule has 1 amide bonds. The molecule has 2 rings (SSSR count). The van der Waals surface area contributed by atoms with Crippen LogP contribution in [0.5, 0.6) is 5.75 Å². The van der Waals surface area contributed by atoms with Crippen LogP contribution in [0.2, 0.25) is 0 Å². The standard InChI is InChI=1S/C27H37NO7/c1-15(10-11-20-17(3)13-21(34-6)19(5)18(20)4)8-7-9-16(2)12-23(30)28-27-26(33)25(32)24(31)22(14-29)35-27/h7-13,22,24-27,29,31-33H,14H2,1-6H3,(H,28,30)/b9-7+,11-10+,15-8+,16-12+. The van der Waals surface area contributed by atoms with Crippen molar-refractivity contribution in [1.29, 1.82) is 0 Å². The van der Waals surface area contributed by atoms with Crippen molar-refractivity contribution >= 4 is 12.0 Å². The van der Waals surface area contributed by atoms with Crippen molar-refractivity contribution in [3.63, 3.8) is 0 Å². The molecule has 0 radical (unpaired) electrons. The van der Waals surface area contributed by atoms with Crippen LogP contribution in [-0.2, 0) is 9.53 Å². The number of allylic oxidation sites excluding steroid dienone is 6. The Morgan fingerprint density at radius 2 is 1.74 bits per heavy atom. The highest BCUT2D eigenvalue weighted by molar-refractivity contribution is 5.88. The number of benzene rings is 1. The van der Waals surface area contributed by atoms with Gasteiger partial charge in [-0.25, -0.2) is 0 Å². The van der Waals surface area contributed by atoms with Gasteiger partial charge in [-0.1, -0.05) is 36.0 Å². The minimum Gasteiger partial charge on any atom is -0.496 e. The zero-order valence-electron chi connectivity index (χ0n) is 21.1. The van der Waals surface area contributed by atoms with Gasteiger partial charge in [0.1, 0.15) is 30.2 Å². The molecule has 5 atom stereocenters. The third-order valence-corrected chi connectivity index (χ3v) is 6.10. The summed E-state index contributed by atoms with van der Waals surface area (Å²) in [5.74, 6) is 0.336. The topological polar surface area (TPSA) is 128 Å². The normalized spacial score (nSPS) is 25.9. The predicted octanol–water partition coefficient (Wildman–Crippen LogP) is 2.00. The quantitative estimate of drug-likeness (QED) is 0.280. The Bertz CT molecular complexity index is 1020. The number of nitrogens with one attached hydrogen (secondary N) is 1. The van der Waals surface area contributed by atoms with Crippen molar-refractivity contribution < 1.29 is 34.7 Å². The van der Waals surface area contributed by atoms with E-state index in [1.54, 1.807) is 20.1 Å². The van der Waals surface area contributed by atoms with E-state index >= 15 is 0 Å². The number of aliphatic hydroxyl groups is 4. The molecule has 0 aliphatic carbocycles. The number of hydrogen-bond acceptors (Lipinski definition) is 7. The van der Waals surface area contributed by atoms with Gasteiger partial charge in [0.25, 0.3) is 0 Å². The van der Waals surface area contributed by atoms with Gasteiger partial charge in [0.2, 0.25) is 5.91 Å². The van der Waals surface area contributed by atoms with Crippen molar-refractivity contribution in [2.75, 3.05) is 13.7 Å². The Balaban J connectivity index is 2.01. The third kappa shape index (κ3) is 7.37. The third-order valence-electron chi connectivity index (χ3n) is 6.10. The van der Waals surface area contributed by atoms with Crippen LogP contribution in [0, 0.1) is 20.8 Å². The Kier molecular flexibility index (Phi) is 10.4. The zero-order chi connectivity index (χ0) is 26.3. The summed E-state index contributed by atoms with van der Waals surface area (Å²) in [6, 6.07) is 2.03. The summed E-state index contributed by atoms with van der Waals surface area (Å²) in [6.45, 7) is 9.33. The SMILES string of the molecule is COc1cc(C)c(/C=C/C(C)=C/C=C/C(C)=C/C(=O)NC2OC(CO)C(O)C(O)C2O)c(C)c1C. The number of carbonyl (C=O) groups excluding carboxylic acids is 1. The molecule has 0 spiro atoms. The van der Waals surface area contributed by atoms with Crippen molar-refractivity contribution in [3.05, 3.63) is 69.8 Å². The van der Waals surface area contributed by atoms with Crippen LogP contribution < -0.4 is 10.1 Å². The lowest BCUT2D eigenvalue weighted by Gasteiger charge is -2.39. The van der Waals surface area contributed by atoms with E-state index in [-0.39, 0.29) is 0 Å². The van der Waals surface area contributed by atoms with Crippen LogP contribution in [-0.4, -0.2) is 70.7 Å². The van der Waals surface area contributed by atoms with E-state index in [9.17, 15) is 25.2 Å². The summed E-state index contributed by atoms with van der Waals surface area (Å²) >= 11 is 0. The Morgan fingerprint density at radius 3 is 2.37 bits per heavy atom. The molecular weight excluding hydrogens is 450 g/mol. The van der Waals surface area contributed by atoms with Gasteiger partial charge in [-0.15, -0.1) is 0 Å². The summed E-state index contributed by atoms with van der Waals surface area (Å²) in [5, 5.41) is 41.4. The van der Waals surface area contributed by atoms with Crippen LogP contribution in [0.25, 0.3) is 6.08 Å². The average molecular weight is 488 g/mol. The Hall–Kier alpha value is -2.75. The number of rotatable bonds is 8. The van der Waals surface area contributed by atoms with Crippen molar-refractivity contribution in [2.24, 2.45) is 0 Å². The molecular formula is C27H37NO7. The molecule has 1 fully saturated rings. The van der Waals surface area contributed by atoms with Crippen LogP contribution in [0.15, 0.2) is 47.6 Å². The molecule has 0 aromatic heterocycles. The first-order valence-electron chi connectivity index (χ1n) is 11.5. The largest absolute Gasteiger partial charge is 0.496 e. The van der Waals surface area contributed by atoms with Crippen molar-refractivity contribution in [3.8, 4) is 5.75 Å². The van der Waals surface area contributed by atoms with Gasteiger partial charge in [0, 0.05) is 6.08 Å². The molecule has 1 heterocycles. The molecule has 1 aromatic carbocycles. The first-order valence-corrected chi connectivity index (χ1v) is 11.5. The smallest absolute Gasteiger partial charge is 0.246 e. The fourth-order valence-corrected chi connectivity index (χ4v) is 3.81. The minimum atomic E-state index is -1.55. The molecule has 192 valence electrons. The number of aryl methyl sites for hydroxylation is 1. The Morgan fingerprint density at radius 1 is 1.06 bits per heavy atom.